The Labute approximate surface area is 273 Å². The van der Waals surface area contributed by atoms with Gasteiger partial charge in [-0.1, -0.05) is 91.0 Å². The number of benzene rings is 5. The minimum absolute atomic E-state index is 0.0378. The zero-order chi connectivity index (χ0) is 33.1. The van der Waals surface area contributed by atoms with Crippen molar-refractivity contribution in [2.45, 2.75) is 30.4 Å². The lowest BCUT2D eigenvalue weighted by Gasteiger charge is -2.31. The predicted octanol–water partition coefficient (Wildman–Crippen LogP) is 5.96. The van der Waals surface area contributed by atoms with Gasteiger partial charge >= 0.3 is 0 Å². The second-order valence-corrected chi connectivity index (χ2v) is 12.5. The summed E-state index contributed by atoms with van der Waals surface area (Å²) in [6.45, 7) is 0.0929. The van der Waals surface area contributed by atoms with Crippen LogP contribution in [0.3, 0.4) is 0 Å². The molecule has 5 aromatic rings. The summed E-state index contributed by atoms with van der Waals surface area (Å²) in [5, 5.41) is 3.00. The number of ether oxygens (including phenoxy) is 1. The molecule has 2 N–H and O–H groups in total. The molecule has 0 fully saturated rings. The summed E-state index contributed by atoms with van der Waals surface area (Å²) in [6.07, 6.45) is 0.285. The number of hydrogen-bond acceptors (Lipinski definition) is 5. The Balaban J connectivity index is 1.33. The number of nitrogens with zero attached hydrogens (tertiary/aromatic N) is 1. The standard InChI is InChI=1S/C37H34FN3O5S/c38-31-16-18-32(19-17-31)40-47(44,45)34-22-20-33(21-23-34)46-27-36(42)41(26-30-14-8-3-9-15-30)35(24-28-10-4-1-5-11-28)37(43)39-25-29-12-6-2-7-13-29/h1-23,35,40H,24-27H2,(H,39,43). The molecule has 8 nitrogen and oxygen atoms in total. The molecular weight excluding hydrogens is 617 g/mol. The van der Waals surface area contributed by atoms with Crippen LogP contribution in [-0.4, -0.2) is 37.8 Å². The average molecular weight is 652 g/mol. The third-order valence-corrected chi connectivity index (χ3v) is 8.77. The molecule has 240 valence electrons. The van der Waals surface area contributed by atoms with Gasteiger partial charge in [-0.15, -0.1) is 0 Å². The SMILES string of the molecule is O=C(NCc1ccccc1)C(Cc1ccccc1)N(Cc1ccccc1)C(=O)COc1ccc(S(=O)(=O)Nc2ccc(F)cc2)cc1. The van der Waals surface area contributed by atoms with E-state index in [2.05, 4.69) is 10.0 Å². The molecule has 0 radical (unpaired) electrons. The van der Waals surface area contributed by atoms with E-state index in [0.717, 1.165) is 28.8 Å². The van der Waals surface area contributed by atoms with Crippen LogP contribution in [0.5, 0.6) is 5.75 Å². The molecule has 10 heteroatoms. The predicted molar refractivity (Wildman–Crippen MR) is 178 cm³/mol. The second kappa shape index (κ2) is 15.7. The monoisotopic (exact) mass is 651 g/mol. The van der Waals surface area contributed by atoms with Gasteiger partial charge in [0.2, 0.25) is 5.91 Å². The molecule has 5 rings (SSSR count). The first-order valence-corrected chi connectivity index (χ1v) is 16.5. The summed E-state index contributed by atoms with van der Waals surface area (Å²) in [4.78, 5) is 29.1. The highest BCUT2D eigenvalue weighted by Crippen LogP contribution is 2.21. The van der Waals surface area contributed by atoms with E-state index in [1.165, 1.54) is 41.3 Å². The Morgan fingerprint density at radius 1 is 0.702 bits per heavy atom. The van der Waals surface area contributed by atoms with Crippen LogP contribution in [-0.2, 0) is 39.1 Å². The summed E-state index contributed by atoms with van der Waals surface area (Å²) < 4.78 is 47.1. The fourth-order valence-corrected chi connectivity index (χ4v) is 5.97. The average Bonchev–Trinajstić information content (AvgIpc) is 3.10. The molecule has 0 aliphatic carbocycles. The van der Waals surface area contributed by atoms with Crippen LogP contribution in [0.25, 0.3) is 0 Å². The highest BCUT2D eigenvalue weighted by Gasteiger charge is 2.30. The van der Waals surface area contributed by atoms with Gasteiger partial charge in [0.05, 0.1) is 4.90 Å². The number of carbonyl (C=O) groups is 2. The van der Waals surface area contributed by atoms with Crippen molar-refractivity contribution in [1.82, 2.24) is 10.2 Å². The fourth-order valence-electron chi connectivity index (χ4n) is 4.91. The number of nitrogens with one attached hydrogen (secondary N) is 2. The van der Waals surface area contributed by atoms with E-state index in [1.807, 2.05) is 91.0 Å². The van der Waals surface area contributed by atoms with Gasteiger partial charge < -0.3 is 15.0 Å². The van der Waals surface area contributed by atoms with Crippen molar-refractivity contribution in [3.8, 4) is 5.75 Å². The van der Waals surface area contributed by atoms with Crippen molar-refractivity contribution in [2.75, 3.05) is 11.3 Å². The molecule has 47 heavy (non-hydrogen) atoms. The minimum Gasteiger partial charge on any atom is -0.484 e. The summed E-state index contributed by atoms with van der Waals surface area (Å²) in [5.74, 6) is -0.929. The summed E-state index contributed by atoms with van der Waals surface area (Å²) in [6, 6.07) is 38.2. The smallest absolute Gasteiger partial charge is 0.261 e. The van der Waals surface area contributed by atoms with E-state index >= 15 is 0 Å². The van der Waals surface area contributed by atoms with Gasteiger partial charge in [0.25, 0.3) is 15.9 Å². The fraction of sp³-hybridized carbons (Fsp3) is 0.135. The van der Waals surface area contributed by atoms with Gasteiger partial charge in [0, 0.05) is 25.2 Å². The number of hydrogen-bond donors (Lipinski definition) is 2. The molecule has 2 amide bonds. The maximum Gasteiger partial charge on any atom is 0.261 e. The third-order valence-electron chi connectivity index (χ3n) is 7.37. The zero-order valence-corrected chi connectivity index (χ0v) is 26.3. The molecule has 1 unspecified atom stereocenters. The number of carbonyl (C=O) groups excluding carboxylic acids is 2. The molecular formula is C37H34FN3O5S. The quantitative estimate of drug-likeness (QED) is 0.154. The first kappa shape index (κ1) is 32.9. The Bertz CT molecular complexity index is 1860. The second-order valence-electron chi connectivity index (χ2n) is 10.8. The maximum absolute atomic E-state index is 13.9. The molecule has 0 aliphatic heterocycles. The highest BCUT2D eigenvalue weighted by atomic mass is 32.2. The molecule has 0 aliphatic rings. The Morgan fingerprint density at radius 2 is 1.26 bits per heavy atom. The van der Waals surface area contributed by atoms with Crippen LogP contribution in [0, 0.1) is 5.82 Å². The molecule has 0 spiro atoms. The lowest BCUT2D eigenvalue weighted by atomic mass is 10.0. The topological polar surface area (TPSA) is 105 Å². The van der Waals surface area contributed by atoms with E-state index < -0.39 is 27.8 Å². The van der Waals surface area contributed by atoms with Crippen LogP contribution < -0.4 is 14.8 Å². The van der Waals surface area contributed by atoms with Crippen molar-refractivity contribution in [3.05, 3.63) is 162 Å². The Morgan fingerprint density at radius 3 is 1.85 bits per heavy atom. The van der Waals surface area contributed by atoms with E-state index in [4.69, 9.17) is 4.74 Å². The third kappa shape index (κ3) is 9.51. The summed E-state index contributed by atoms with van der Waals surface area (Å²) in [7, 11) is -3.95. The molecule has 0 bridgehead atoms. The minimum atomic E-state index is -3.95. The zero-order valence-electron chi connectivity index (χ0n) is 25.5. The largest absolute Gasteiger partial charge is 0.484 e. The van der Waals surface area contributed by atoms with Crippen LogP contribution in [0.1, 0.15) is 16.7 Å². The Hall–Kier alpha value is -5.48. The van der Waals surface area contributed by atoms with Gasteiger partial charge in [-0.3, -0.25) is 14.3 Å². The van der Waals surface area contributed by atoms with Crippen molar-refractivity contribution >= 4 is 27.5 Å². The highest BCUT2D eigenvalue weighted by molar-refractivity contribution is 7.92. The molecule has 0 heterocycles. The van der Waals surface area contributed by atoms with Gasteiger partial charge in [-0.2, -0.15) is 0 Å². The summed E-state index contributed by atoms with van der Waals surface area (Å²) in [5.41, 5.74) is 2.89. The number of amides is 2. The normalized spacial score (nSPS) is 11.7. The molecule has 5 aromatic carbocycles. The first-order valence-electron chi connectivity index (χ1n) is 15.0. The van der Waals surface area contributed by atoms with E-state index in [0.29, 0.717) is 6.54 Å². The van der Waals surface area contributed by atoms with Crippen LogP contribution in [0.15, 0.2) is 144 Å². The van der Waals surface area contributed by atoms with E-state index in [-0.39, 0.29) is 41.8 Å². The molecule has 0 saturated heterocycles. The maximum atomic E-state index is 13.9. The van der Waals surface area contributed by atoms with Crippen molar-refractivity contribution < 1.29 is 27.1 Å². The lowest BCUT2D eigenvalue weighted by Crippen LogP contribution is -2.51. The van der Waals surface area contributed by atoms with Crippen LogP contribution in [0.2, 0.25) is 0 Å². The Kier molecular flexibility index (Phi) is 11.0. The van der Waals surface area contributed by atoms with Gasteiger partial charge in [0.15, 0.2) is 6.61 Å². The van der Waals surface area contributed by atoms with E-state index in [9.17, 15) is 22.4 Å². The van der Waals surface area contributed by atoms with Crippen molar-refractivity contribution in [2.24, 2.45) is 0 Å². The van der Waals surface area contributed by atoms with Gasteiger partial charge in [-0.05, 0) is 65.2 Å². The molecule has 1 atom stereocenters. The number of anilines is 1. The summed E-state index contributed by atoms with van der Waals surface area (Å²) >= 11 is 0. The first-order chi connectivity index (χ1) is 22.8. The lowest BCUT2D eigenvalue weighted by molar-refractivity contribution is -0.142. The molecule has 0 aromatic heterocycles. The van der Waals surface area contributed by atoms with Crippen molar-refractivity contribution in [1.29, 1.82) is 0 Å². The number of halogens is 1. The number of sulfonamides is 1. The van der Waals surface area contributed by atoms with Gasteiger partial charge in [0.1, 0.15) is 17.6 Å². The van der Waals surface area contributed by atoms with Gasteiger partial charge in [-0.25, -0.2) is 12.8 Å². The number of rotatable bonds is 14. The van der Waals surface area contributed by atoms with Crippen molar-refractivity contribution in [3.63, 3.8) is 0 Å². The molecule has 0 saturated carbocycles. The van der Waals surface area contributed by atoms with Crippen LogP contribution in [0.4, 0.5) is 10.1 Å². The van der Waals surface area contributed by atoms with E-state index in [1.54, 1.807) is 0 Å². The van der Waals surface area contributed by atoms with Crippen LogP contribution >= 0.6 is 0 Å².